The van der Waals surface area contributed by atoms with Crippen LogP contribution in [0.25, 0.3) is 0 Å². The highest BCUT2D eigenvalue weighted by molar-refractivity contribution is 8.00. The summed E-state index contributed by atoms with van der Waals surface area (Å²) >= 11 is 1.45. The van der Waals surface area contributed by atoms with Crippen LogP contribution in [0.5, 0.6) is 0 Å². The topological polar surface area (TPSA) is 95.5 Å². The van der Waals surface area contributed by atoms with Gasteiger partial charge in [-0.3, -0.25) is 14.9 Å². The van der Waals surface area contributed by atoms with Gasteiger partial charge in [0.25, 0.3) is 5.91 Å². The van der Waals surface area contributed by atoms with Gasteiger partial charge in [-0.25, -0.2) is 4.79 Å². The van der Waals surface area contributed by atoms with Crippen molar-refractivity contribution in [3.05, 3.63) is 0 Å². The van der Waals surface area contributed by atoms with E-state index in [-0.39, 0.29) is 17.1 Å². The monoisotopic (exact) mass is 228 g/mol. The molecule has 3 rings (SSSR count). The fourth-order valence-corrected chi connectivity index (χ4v) is 4.40. The average molecular weight is 228 g/mol. The van der Waals surface area contributed by atoms with Gasteiger partial charge in [0, 0.05) is 16.9 Å². The molecule has 3 aliphatic rings. The SMILES string of the molecule is O=C1NC(=O)[C@@]2(CS[C@H]3[C@H](C(=O)O)[C@H]32)N1. The fourth-order valence-electron chi connectivity index (χ4n) is 2.54. The molecule has 0 unspecified atom stereocenters. The van der Waals surface area contributed by atoms with Gasteiger partial charge in [-0.15, -0.1) is 0 Å². The van der Waals surface area contributed by atoms with Gasteiger partial charge in [0.15, 0.2) is 0 Å². The largest absolute Gasteiger partial charge is 0.481 e. The van der Waals surface area contributed by atoms with E-state index in [0.717, 1.165) is 0 Å². The Morgan fingerprint density at radius 3 is 2.73 bits per heavy atom. The van der Waals surface area contributed by atoms with Gasteiger partial charge in [-0.05, 0) is 0 Å². The lowest BCUT2D eigenvalue weighted by Crippen LogP contribution is -2.50. The van der Waals surface area contributed by atoms with Crippen molar-refractivity contribution in [2.45, 2.75) is 10.8 Å². The molecular formula is C8H8N2O4S. The number of urea groups is 1. The zero-order chi connectivity index (χ0) is 10.8. The predicted octanol–water partition coefficient (Wildman–Crippen LogP) is -0.989. The summed E-state index contributed by atoms with van der Waals surface area (Å²) in [7, 11) is 0. The number of aliphatic carboxylic acids is 1. The summed E-state index contributed by atoms with van der Waals surface area (Å²) in [4.78, 5) is 33.5. The number of amides is 3. The number of hydrogen-bond donors (Lipinski definition) is 3. The smallest absolute Gasteiger partial charge is 0.322 e. The Morgan fingerprint density at radius 2 is 2.27 bits per heavy atom. The summed E-state index contributed by atoms with van der Waals surface area (Å²) in [5.74, 6) is -1.52. The molecule has 6 nitrogen and oxygen atoms in total. The van der Waals surface area contributed by atoms with Crippen molar-refractivity contribution < 1.29 is 19.5 Å². The van der Waals surface area contributed by atoms with Gasteiger partial charge < -0.3 is 10.4 Å². The molecule has 1 spiro atoms. The van der Waals surface area contributed by atoms with E-state index in [2.05, 4.69) is 10.6 Å². The normalized spacial score (nSPS) is 46.3. The maximum Gasteiger partial charge on any atom is 0.322 e. The lowest BCUT2D eigenvalue weighted by molar-refractivity contribution is -0.139. The average Bonchev–Trinajstić information content (AvgIpc) is 2.68. The Kier molecular flexibility index (Phi) is 1.48. The van der Waals surface area contributed by atoms with Crippen LogP contribution >= 0.6 is 11.8 Å². The number of fused-ring (bicyclic) bond motifs is 2. The maximum absolute atomic E-state index is 11.6. The summed E-state index contributed by atoms with van der Waals surface area (Å²) in [6, 6.07) is -0.516. The van der Waals surface area contributed by atoms with Crippen LogP contribution in [-0.2, 0) is 9.59 Å². The van der Waals surface area contributed by atoms with Gasteiger partial charge >= 0.3 is 12.0 Å². The molecule has 2 aliphatic heterocycles. The Bertz CT molecular complexity index is 398. The van der Waals surface area contributed by atoms with E-state index in [4.69, 9.17) is 5.11 Å². The lowest BCUT2D eigenvalue weighted by atomic mass is 9.94. The Labute approximate surface area is 88.8 Å². The van der Waals surface area contributed by atoms with Crippen LogP contribution in [0.2, 0.25) is 0 Å². The van der Waals surface area contributed by atoms with E-state index < -0.39 is 23.5 Å². The molecular weight excluding hydrogens is 220 g/mol. The second kappa shape index (κ2) is 2.46. The summed E-state index contributed by atoms with van der Waals surface area (Å²) in [6.07, 6.45) is 0. The highest BCUT2D eigenvalue weighted by atomic mass is 32.2. The predicted molar refractivity (Wildman–Crippen MR) is 50.3 cm³/mol. The number of carbonyl (C=O) groups excluding carboxylic acids is 2. The number of rotatable bonds is 1. The standard InChI is InChI=1S/C8H8N2O4S/c11-5(12)2-3-4(2)15-1-8(3)6(13)9-7(14)10-8/h2-4H,1H2,(H,11,12)(H2,9,10,13,14)/t2-,3-,4+,8+/m1/s1. The van der Waals surface area contributed by atoms with Crippen LogP contribution in [0.1, 0.15) is 0 Å². The molecule has 3 fully saturated rings. The number of hydrogen-bond acceptors (Lipinski definition) is 4. The van der Waals surface area contributed by atoms with Crippen LogP contribution in [0.15, 0.2) is 0 Å². The number of nitrogens with one attached hydrogen (secondary N) is 2. The number of imide groups is 1. The summed E-state index contributed by atoms with van der Waals surface area (Å²) in [5, 5.41) is 13.6. The Balaban J connectivity index is 1.92. The van der Waals surface area contributed by atoms with Crippen LogP contribution in [-0.4, -0.2) is 39.6 Å². The van der Waals surface area contributed by atoms with E-state index >= 15 is 0 Å². The molecule has 1 saturated carbocycles. The number of carboxylic acid groups (broad SMARTS) is 1. The van der Waals surface area contributed by atoms with E-state index in [1.54, 1.807) is 0 Å². The fraction of sp³-hybridized carbons (Fsp3) is 0.625. The van der Waals surface area contributed by atoms with Gasteiger partial charge in [-0.1, -0.05) is 0 Å². The third-order valence-corrected chi connectivity index (χ3v) is 4.87. The van der Waals surface area contributed by atoms with Crippen LogP contribution in [0.3, 0.4) is 0 Å². The molecule has 0 radical (unpaired) electrons. The second-order valence-electron chi connectivity index (χ2n) is 4.05. The molecule has 2 heterocycles. The molecule has 2 saturated heterocycles. The van der Waals surface area contributed by atoms with E-state index in [0.29, 0.717) is 5.75 Å². The van der Waals surface area contributed by atoms with Crippen molar-refractivity contribution in [2.75, 3.05) is 5.75 Å². The third-order valence-electron chi connectivity index (χ3n) is 3.28. The van der Waals surface area contributed by atoms with E-state index in [1.807, 2.05) is 0 Å². The quantitative estimate of drug-likeness (QED) is 0.501. The summed E-state index contributed by atoms with van der Waals surface area (Å²) < 4.78 is 0. The van der Waals surface area contributed by atoms with Gasteiger partial charge in [0.2, 0.25) is 0 Å². The molecule has 0 bridgehead atoms. The van der Waals surface area contributed by atoms with Crippen molar-refractivity contribution in [3.63, 3.8) is 0 Å². The molecule has 80 valence electrons. The van der Waals surface area contributed by atoms with Crippen LogP contribution in [0.4, 0.5) is 4.79 Å². The van der Waals surface area contributed by atoms with Crippen molar-refractivity contribution in [1.29, 1.82) is 0 Å². The van der Waals surface area contributed by atoms with Crippen LogP contribution < -0.4 is 10.6 Å². The van der Waals surface area contributed by atoms with E-state index in [1.165, 1.54) is 11.8 Å². The van der Waals surface area contributed by atoms with Crippen molar-refractivity contribution in [2.24, 2.45) is 11.8 Å². The third kappa shape index (κ3) is 0.935. The Morgan fingerprint density at radius 1 is 1.53 bits per heavy atom. The molecule has 0 aromatic rings. The molecule has 3 amide bonds. The first-order chi connectivity index (χ1) is 7.06. The molecule has 0 aromatic heterocycles. The minimum absolute atomic E-state index is 0.0216. The molecule has 4 atom stereocenters. The molecule has 7 heteroatoms. The highest BCUT2D eigenvalue weighted by Crippen LogP contribution is 2.61. The highest BCUT2D eigenvalue weighted by Gasteiger charge is 2.74. The zero-order valence-electron chi connectivity index (χ0n) is 7.52. The van der Waals surface area contributed by atoms with Crippen molar-refractivity contribution in [3.8, 4) is 0 Å². The number of thioether (sulfide) groups is 1. The summed E-state index contributed by atoms with van der Waals surface area (Å²) in [6.45, 7) is 0. The van der Waals surface area contributed by atoms with Crippen molar-refractivity contribution in [1.82, 2.24) is 10.6 Å². The summed E-state index contributed by atoms with van der Waals surface area (Å²) in [5.41, 5.74) is -0.963. The van der Waals surface area contributed by atoms with Gasteiger partial charge in [0.1, 0.15) is 5.54 Å². The lowest BCUT2D eigenvalue weighted by Gasteiger charge is -2.21. The first kappa shape index (κ1) is 9.02. The van der Waals surface area contributed by atoms with Gasteiger partial charge in [0.05, 0.1) is 5.92 Å². The zero-order valence-corrected chi connectivity index (χ0v) is 8.34. The van der Waals surface area contributed by atoms with E-state index in [9.17, 15) is 14.4 Å². The minimum atomic E-state index is -0.963. The molecule has 3 N–H and O–H groups in total. The minimum Gasteiger partial charge on any atom is -0.481 e. The Hall–Kier alpha value is -1.24. The number of carbonyl (C=O) groups is 3. The van der Waals surface area contributed by atoms with Crippen LogP contribution in [0, 0.1) is 11.8 Å². The maximum atomic E-state index is 11.6. The van der Waals surface area contributed by atoms with Crippen molar-refractivity contribution >= 4 is 29.7 Å². The molecule has 1 aliphatic carbocycles. The molecule has 15 heavy (non-hydrogen) atoms. The number of carboxylic acids is 1. The first-order valence-electron chi connectivity index (χ1n) is 4.54. The second-order valence-corrected chi connectivity index (χ2v) is 5.21. The molecule has 0 aromatic carbocycles. The van der Waals surface area contributed by atoms with Gasteiger partial charge in [-0.2, -0.15) is 11.8 Å². The first-order valence-corrected chi connectivity index (χ1v) is 5.59.